The third-order valence-corrected chi connectivity index (χ3v) is 6.39. The molecule has 0 radical (unpaired) electrons. The Kier molecular flexibility index (Phi) is 5.69. The number of methoxy groups -OCH3 is 1. The average Bonchev–Trinajstić information content (AvgIpc) is 3.23. The van der Waals surface area contributed by atoms with Gasteiger partial charge in [-0.3, -0.25) is 14.2 Å². The van der Waals surface area contributed by atoms with Crippen LogP contribution in [0.25, 0.3) is 0 Å². The number of benzene rings is 1. The van der Waals surface area contributed by atoms with Crippen LogP contribution in [0.3, 0.4) is 0 Å². The molecule has 0 saturated carbocycles. The predicted molar refractivity (Wildman–Crippen MR) is 119 cm³/mol. The molecular formula is C23H28N4O6. The number of nitrogens with zero attached hydrogens (tertiary/aromatic N) is 4. The van der Waals surface area contributed by atoms with Gasteiger partial charge in [-0.1, -0.05) is 0 Å². The van der Waals surface area contributed by atoms with E-state index in [4.69, 9.17) is 4.74 Å². The third kappa shape index (κ3) is 3.96. The van der Waals surface area contributed by atoms with Crippen LogP contribution in [0, 0.1) is 5.41 Å². The van der Waals surface area contributed by atoms with Crippen molar-refractivity contribution < 1.29 is 29.6 Å². The van der Waals surface area contributed by atoms with Crippen molar-refractivity contribution >= 4 is 17.5 Å². The summed E-state index contributed by atoms with van der Waals surface area (Å²) in [4.78, 5) is 27.5. The number of likely N-dealkylation sites (tertiary alicyclic amines) is 1. The second-order valence-corrected chi connectivity index (χ2v) is 8.86. The first-order valence-corrected chi connectivity index (χ1v) is 10.8. The Balaban J connectivity index is 1.46. The molecule has 0 atom stereocenters. The lowest BCUT2D eigenvalue weighted by atomic mass is 9.83. The molecule has 4 rings (SSSR count). The van der Waals surface area contributed by atoms with Gasteiger partial charge in [-0.05, 0) is 44.9 Å². The minimum absolute atomic E-state index is 0.0222. The van der Waals surface area contributed by atoms with Crippen LogP contribution in [0.15, 0.2) is 35.4 Å². The molecule has 3 N–H and O–H groups in total. The molecule has 2 aliphatic heterocycles. The molecule has 2 aliphatic rings. The van der Waals surface area contributed by atoms with E-state index in [-0.39, 0.29) is 41.9 Å². The molecule has 33 heavy (non-hydrogen) atoms. The molecule has 10 heteroatoms. The highest BCUT2D eigenvalue weighted by Gasteiger charge is 2.46. The third-order valence-electron chi connectivity index (χ3n) is 6.39. The summed E-state index contributed by atoms with van der Waals surface area (Å²) in [6, 6.07) is 7.45. The molecule has 0 unspecified atom stereocenters. The topological polar surface area (TPSA) is 128 Å². The highest BCUT2D eigenvalue weighted by Crippen LogP contribution is 2.37. The van der Waals surface area contributed by atoms with E-state index in [9.17, 15) is 24.9 Å². The largest absolute Gasteiger partial charge is 0.504 e. The maximum absolute atomic E-state index is 13.2. The number of hydrogen-bond acceptors (Lipinski definition) is 7. The number of ether oxygens (including phenoxy) is 1. The van der Waals surface area contributed by atoms with Gasteiger partial charge in [-0.25, -0.2) is 5.01 Å². The van der Waals surface area contributed by atoms with Gasteiger partial charge in [0.25, 0.3) is 5.91 Å². The lowest BCUT2D eigenvalue weighted by Gasteiger charge is -2.35. The molecule has 1 saturated heterocycles. The van der Waals surface area contributed by atoms with E-state index in [2.05, 4.69) is 5.10 Å². The Labute approximate surface area is 191 Å². The summed E-state index contributed by atoms with van der Waals surface area (Å²) in [5.74, 6) is -0.372. The van der Waals surface area contributed by atoms with Crippen molar-refractivity contribution in [2.75, 3.05) is 20.2 Å². The minimum atomic E-state index is -0.864. The molecule has 1 fully saturated rings. The van der Waals surface area contributed by atoms with Crippen molar-refractivity contribution in [3.8, 4) is 23.3 Å². The Morgan fingerprint density at radius 3 is 2.33 bits per heavy atom. The number of carbonyl (C=O) groups is 2. The van der Waals surface area contributed by atoms with Crippen molar-refractivity contribution in [3.05, 3.63) is 35.9 Å². The maximum Gasteiger partial charge on any atom is 0.254 e. The normalized spacial score (nSPS) is 18.5. The number of piperidine rings is 1. The molecule has 2 amide bonds. The second kappa shape index (κ2) is 8.34. The minimum Gasteiger partial charge on any atom is -0.504 e. The van der Waals surface area contributed by atoms with Crippen LogP contribution < -0.4 is 4.74 Å². The predicted octanol–water partition coefficient (Wildman–Crippen LogP) is 1.88. The number of hydrazone groups is 1. The highest BCUT2D eigenvalue weighted by atomic mass is 16.5. The molecule has 2 aromatic rings. The van der Waals surface area contributed by atoms with E-state index in [0.29, 0.717) is 43.0 Å². The second-order valence-electron chi connectivity index (χ2n) is 8.86. The Morgan fingerprint density at radius 1 is 1.12 bits per heavy atom. The van der Waals surface area contributed by atoms with Crippen LogP contribution in [0.5, 0.6) is 23.3 Å². The summed E-state index contributed by atoms with van der Waals surface area (Å²) in [5.41, 5.74) is 0.355. The lowest BCUT2D eigenvalue weighted by molar-refractivity contribution is -0.139. The molecule has 0 bridgehead atoms. The number of rotatable bonds is 5. The number of amides is 2. The zero-order chi connectivity index (χ0) is 23.9. The van der Waals surface area contributed by atoms with Crippen LogP contribution in [0.4, 0.5) is 0 Å². The molecule has 0 aliphatic carbocycles. The van der Waals surface area contributed by atoms with Crippen LogP contribution in [0.2, 0.25) is 0 Å². The Morgan fingerprint density at radius 2 is 1.76 bits per heavy atom. The zero-order valence-electron chi connectivity index (χ0n) is 18.9. The van der Waals surface area contributed by atoms with Crippen LogP contribution >= 0.6 is 0 Å². The Hall–Kier alpha value is -3.69. The zero-order valence-corrected chi connectivity index (χ0v) is 18.9. The van der Waals surface area contributed by atoms with E-state index in [1.807, 2.05) is 13.8 Å². The number of phenols is 1. The summed E-state index contributed by atoms with van der Waals surface area (Å²) >= 11 is 0. The monoisotopic (exact) mass is 456 g/mol. The number of hydrogen-bond donors (Lipinski definition) is 3. The van der Waals surface area contributed by atoms with Crippen molar-refractivity contribution in [1.82, 2.24) is 14.5 Å². The fraction of sp³-hybridized carbons (Fsp3) is 0.435. The van der Waals surface area contributed by atoms with Gasteiger partial charge in [0.2, 0.25) is 5.91 Å². The number of aromatic hydroxyl groups is 3. The van der Waals surface area contributed by atoms with Crippen LogP contribution in [0.1, 0.15) is 32.3 Å². The molecule has 176 valence electrons. The molecule has 1 aromatic carbocycles. The summed E-state index contributed by atoms with van der Waals surface area (Å²) in [6.45, 7) is 4.33. The van der Waals surface area contributed by atoms with Crippen molar-refractivity contribution in [2.24, 2.45) is 10.5 Å². The first kappa shape index (κ1) is 22.5. The van der Waals surface area contributed by atoms with Gasteiger partial charge in [-0.15, -0.1) is 0 Å². The van der Waals surface area contributed by atoms with Gasteiger partial charge in [0.05, 0.1) is 24.3 Å². The number of carbonyl (C=O) groups excluding carboxylic acids is 2. The molecule has 0 spiro atoms. The van der Waals surface area contributed by atoms with Gasteiger partial charge in [0.15, 0.2) is 23.3 Å². The summed E-state index contributed by atoms with van der Waals surface area (Å²) in [6.07, 6.45) is 1.11. The van der Waals surface area contributed by atoms with Crippen molar-refractivity contribution in [2.45, 2.75) is 39.3 Å². The SMILES string of the molecule is COc1ccc(C2=NN(C3CCN(C(=O)Cn4c(O)ccc4O)CC3)C(=O)C2(C)C)cc1O. The van der Waals surface area contributed by atoms with E-state index in [1.54, 1.807) is 23.1 Å². The maximum atomic E-state index is 13.2. The number of phenolic OH excluding ortho intramolecular Hbond substituents is 1. The quantitative estimate of drug-likeness (QED) is 0.630. The first-order chi connectivity index (χ1) is 15.6. The fourth-order valence-corrected chi connectivity index (χ4v) is 4.37. The van der Waals surface area contributed by atoms with Crippen LogP contribution in [-0.4, -0.2) is 73.6 Å². The average molecular weight is 456 g/mol. The summed E-state index contributed by atoms with van der Waals surface area (Å²) in [7, 11) is 1.47. The van der Waals surface area contributed by atoms with Crippen LogP contribution in [-0.2, 0) is 16.1 Å². The fourth-order valence-electron chi connectivity index (χ4n) is 4.37. The smallest absolute Gasteiger partial charge is 0.254 e. The first-order valence-electron chi connectivity index (χ1n) is 10.8. The van der Waals surface area contributed by atoms with E-state index < -0.39 is 5.41 Å². The molecule has 10 nitrogen and oxygen atoms in total. The lowest BCUT2D eigenvalue weighted by Crippen LogP contribution is -2.48. The van der Waals surface area contributed by atoms with Gasteiger partial charge in [-0.2, -0.15) is 5.10 Å². The highest BCUT2D eigenvalue weighted by molar-refractivity contribution is 6.19. The summed E-state index contributed by atoms with van der Waals surface area (Å²) in [5, 5.41) is 35.8. The van der Waals surface area contributed by atoms with Crippen molar-refractivity contribution in [3.63, 3.8) is 0 Å². The van der Waals surface area contributed by atoms with Gasteiger partial charge >= 0.3 is 0 Å². The van der Waals surface area contributed by atoms with Gasteiger partial charge in [0, 0.05) is 30.8 Å². The standard InChI is InChI=1S/C23H28N4O6/c1-23(2)21(14-4-5-17(33-3)16(28)12-14)24-27(22(23)32)15-8-10-25(11-9-15)20(31)13-26-18(29)6-7-19(26)30/h4-7,12,15,28-30H,8-11,13H2,1-3H3. The molecular weight excluding hydrogens is 428 g/mol. The van der Waals surface area contributed by atoms with Gasteiger partial charge in [0.1, 0.15) is 6.54 Å². The molecule has 1 aromatic heterocycles. The van der Waals surface area contributed by atoms with E-state index in [1.165, 1.54) is 24.3 Å². The van der Waals surface area contributed by atoms with Crippen molar-refractivity contribution in [1.29, 1.82) is 0 Å². The van der Waals surface area contributed by atoms with Gasteiger partial charge < -0.3 is 25.0 Å². The molecule has 3 heterocycles. The Bertz CT molecular complexity index is 1090. The van der Waals surface area contributed by atoms with E-state index >= 15 is 0 Å². The summed E-state index contributed by atoms with van der Waals surface area (Å²) < 4.78 is 6.24. The van der Waals surface area contributed by atoms with E-state index in [0.717, 1.165) is 4.57 Å². The number of aromatic nitrogens is 1.